The molecule has 0 unspecified atom stereocenters. The van der Waals surface area contributed by atoms with Crippen LogP contribution in [-0.4, -0.2) is 28.2 Å². The summed E-state index contributed by atoms with van der Waals surface area (Å²) in [6.45, 7) is 2.04. The fourth-order valence-electron chi connectivity index (χ4n) is 2.34. The molecule has 0 aliphatic heterocycles. The minimum Gasteiger partial charge on any atom is -0.496 e. The van der Waals surface area contributed by atoms with E-state index in [0.29, 0.717) is 10.6 Å². The first kappa shape index (κ1) is 16.9. The Bertz CT molecular complexity index is 968. The van der Waals surface area contributed by atoms with Gasteiger partial charge in [-0.1, -0.05) is 48.0 Å². The van der Waals surface area contributed by atoms with E-state index in [-0.39, 0.29) is 0 Å². The van der Waals surface area contributed by atoms with Crippen LogP contribution in [-0.2, 0) is 0 Å². The quantitative estimate of drug-likeness (QED) is 0.545. The van der Waals surface area contributed by atoms with Crippen molar-refractivity contribution < 1.29 is 4.74 Å². The maximum atomic E-state index is 5.32. The van der Waals surface area contributed by atoms with Crippen molar-refractivity contribution in [3.63, 3.8) is 0 Å². The Morgan fingerprint density at radius 3 is 2.68 bits per heavy atom. The Morgan fingerprint density at radius 1 is 1.16 bits per heavy atom. The number of nitrogens with one attached hydrogen (secondary N) is 1. The number of H-pyrrole nitrogens is 1. The number of aryl methyl sites for hydroxylation is 1. The molecule has 1 aromatic heterocycles. The van der Waals surface area contributed by atoms with Crippen LogP contribution < -0.4 is 4.74 Å². The molecule has 0 aliphatic rings. The normalized spacial score (nSPS) is 11.4. The molecule has 3 aromatic rings. The van der Waals surface area contributed by atoms with Crippen LogP contribution in [0, 0.1) is 11.7 Å². The highest BCUT2D eigenvalue weighted by Gasteiger charge is 2.07. The number of benzene rings is 2. The number of para-hydroxylation sites is 1. The number of methoxy groups -OCH3 is 1. The summed E-state index contributed by atoms with van der Waals surface area (Å²) in [6.07, 6.45) is 5.44. The molecule has 0 bridgehead atoms. The zero-order valence-electron chi connectivity index (χ0n) is 14.0. The van der Waals surface area contributed by atoms with Gasteiger partial charge >= 0.3 is 0 Å². The van der Waals surface area contributed by atoms with Crippen molar-refractivity contribution in [1.29, 1.82) is 0 Å². The molecule has 0 atom stereocenters. The maximum Gasteiger partial charge on any atom is 0.216 e. The van der Waals surface area contributed by atoms with E-state index in [1.807, 2.05) is 67.6 Å². The van der Waals surface area contributed by atoms with E-state index in [2.05, 4.69) is 15.3 Å². The van der Waals surface area contributed by atoms with Crippen LogP contribution in [0.15, 0.2) is 59.7 Å². The van der Waals surface area contributed by atoms with Crippen molar-refractivity contribution in [2.45, 2.75) is 6.92 Å². The van der Waals surface area contributed by atoms with Gasteiger partial charge in [0.2, 0.25) is 4.77 Å². The highest BCUT2D eigenvalue weighted by Crippen LogP contribution is 2.19. The predicted octanol–water partition coefficient (Wildman–Crippen LogP) is 4.47. The Labute approximate surface area is 151 Å². The molecule has 0 saturated heterocycles. The summed E-state index contributed by atoms with van der Waals surface area (Å²) >= 11 is 5.27. The Kier molecular flexibility index (Phi) is 5.20. The van der Waals surface area contributed by atoms with E-state index in [4.69, 9.17) is 17.0 Å². The lowest BCUT2D eigenvalue weighted by Gasteiger charge is -2.02. The summed E-state index contributed by atoms with van der Waals surface area (Å²) < 4.78 is 7.37. The molecule has 2 aromatic carbocycles. The first-order valence-corrected chi connectivity index (χ1v) is 8.18. The molecule has 1 heterocycles. The van der Waals surface area contributed by atoms with Gasteiger partial charge in [0.05, 0.1) is 7.11 Å². The van der Waals surface area contributed by atoms with Gasteiger partial charge in [0.15, 0.2) is 5.82 Å². The van der Waals surface area contributed by atoms with Crippen molar-refractivity contribution in [1.82, 2.24) is 14.9 Å². The fraction of sp³-hybridized carbons (Fsp3) is 0.105. The minimum absolute atomic E-state index is 0.442. The molecule has 0 aliphatic carbocycles. The fourth-order valence-corrected chi connectivity index (χ4v) is 2.52. The maximum absolute atomic E-state index is 5.32. The number of rotatable bonds is 5. The number of nitrogens with zero attached hydrogens (tertiary/aromatic N) is 3. The van der Waals surface area contributed by atoms with Gasteiger partial charge in [-0.2, -0.15) is 14.9 Å². The summed E-state index contributed by atoms with van der Waals surface area (Å²) in [4.78, 5) is 0. The monoisotopic (exact) mass is 350 g/mol. The minimum atomic E-state index is 0.442. The van der Waals surface area contributed by atoms with E-state index < -0.39 is 0 Å². The molecule has 0 saturated carbocycles. The summed E-state index contributed by atoms with van der Waals surface area (Å²) in [7, 11) is 1.65. The lowest BCUT2D eigenvalue weighted by molar-refractivity contribution is 0.414. The van der Waals surface area contributed by atoms with Crippen LogP contribution in [0.25, 0.3) is 17.5 Å². The zero-order valence-corrected chi connectivity index (χ0v) is 14.8. The number of hydrogen-bond donors (Lipinski definition) is 1. The number of allylic oxidation sites excluding steroid dienone is 1. The van der Waals surface area contributed by atoms with E-state index in [9.17, 15) is 0 Å². The van der Waals surface area contributed by atoms with Crippen LogP contribution in [0.2, 0.25) is 0 Å². The molecule has 0 fully saturated rings. The van der Waals surface area contributed by atoms with Gasteiger partial charge in [-0.25, -0.2) is 5.10 Å². The van der Waals surface area contributed by atoms with Crippen molar-refractivity contribution in [2.24, 2.45) is 5.10 Å². The molecule has 3 rings (SSSR count). The topological polar surface area (TPSA) is 55.2 Å². The second-order valence-electron chi connectivity index (χ2n) is 5.40. The molecule has 6 heteroatoms. The summed E-state index contributed by atoms with van der Waals surface area (Å²) in [5.74, 6) is 1.49. The Balaban J connectivity index is 1.85. The third-order valence-corrected chi connectivity index (χ3v) is 3.91. The van der Waals surface area contributed by atoms with Crippen molar-refractivity contribution in [3.05, 3.63) is 70.5 Å². The first-order chi connectivity index (χ1) is 12.2. The van der Waals surface area contributed by atoms with Crippen molar-refractivity contribution >= 4 is 24.5 Å². The molecule has 126 valence electrons. The third kappa shape index (κ3) is 3.92. The van der Waals surface area contributed by atoms with Crippen LogP contribution in [0.4, 0.5) is 0 Å². The standard InChI is InChI=1S/C19H18N4OS/c1-14-9-11-16(12-10-14)18-21-22-19(25)23(18)20-13-5-7-15-6-3-4-8-17(15)24-2/h3-13H,1-2H3,(H,22,25)/b7-5-,20-13?. The third-order valence-electron chi connectivity index (χ3n) is 3.64. The van der Waals surface area contributed by atoms with E-state index in [1.54, 1.807) is 18.0 Å². The van der Waals surface area contributed by atoms with E-state index in [1.165, 1.54) is 5.56 Å². The second kappa shape index (κ2) is 7.72. The molecule has 25 heavy (non-hydrogen) atoms. The van der Waals surface area contributed by atoms with Gasteiger partial charge in [-0.05, 0) is 37.4 Å². The Morgan fingerprint density at radius 2 is 1.92 bits per heavy atom. The van der Waals surface area contributed by atoms with Gasteiger partial charge in [0, 0.05) is 17.3 Å². The van der Waals surface area contributed by atoms with Crippen molar-refractivity contribution in [2.75, 3.05) is 7.11 Å². The lowest BCUT2D eigenvalue weighted by atomic mass is 10.1. The molecule has 5 nitrogen and oxygen atoms in total. The highest BCUT2D eigenvalue weighted by atomic mass is 32.1. The van der Waals surface area contributed by atoms with E-state index in [0.717, 1.165) is 16.9 Å². The summed E-state index contributed by atoms with van der Waals surface area (Å²) in [6, 6.07) is 15.8. The van der Waals surface area contributed by atoms with Gasteiger partial charge in [0.1, 0.15) is 5.75 Å². The van der Waals surface area contributed by atoms with Crippen molar-refractivity contribution in [3.8, 4) is 17.1 Å². The zero-order chi connectivity index (χ0) is 17.6. The molecule has 0 radical (unpaired) electrons. The average Bonchev–Trinajstić information content (AvgIpc) is 3.00. The van der Waals surface area contributed by atoms with E-state index >= 15 is 0 Å². The average molecular weight is 350 g/mol. The van der Waals surface area contributed by atoms with Crippen LogP contribution in [0.1, 0.15) is 11.1 Å². The largest absolute Gasteiger partial charge is 0.496 e. The second-order valence-corrected chi connectivity index (χ2v) is 5.78. The molecular weight excluding hydrogens is 332 g/mol. The summed E-state index contributed by atoms with van der Waals surface area (Å²) in [5, 5.41) is 11.5. The van der Waals surface area contributed by atoms with Gasteiger partial charge in [-0.15, -0.1) is 0 Å². The smallest absolute Gasteiger partial charge is 0.216 e. The number of ether oxygens (including phenoxy) is 1. The highest BCUT2D eigenvalue weighted by molar-refractivity contribution is 7.71. The molecule has 0 spiro atoms. The number of hydrogen-bond acceptors (Lipinski definition) is 4. The van der Waals surface area contributed by atoms with Gasteiger partial charge in [0.25, 0.3) is 0 Å². The molecule has 1 N–H and O–H groups in total. The summed E-state index contributed by atoms with van der Waals surface area (Å²) in [5.41, 5.74) is 3.11. The predicted molar refractivity (Wildman–Crippen MR) is 104 cm³/mol. The van der Waals surface area contributed by atoms with Gasteiger partial charge in [-0.3, -0.25) is 0 Å². The number of aromatic amines is 1. The van der Waals surface area contributed by atoms with Crippen LogP contribution in [0.5, 0.6) is 5.75 Å². The SMILES string of the molecule is COc1ccccc1/C=C\C=Nn1c(-c2ccc(C)cc2)n[nH]c1=S. The van der Waals surface area contributed by atoms with Crippen LogP contribution >= 0.6 is 12.2 Å². The molecule has 0 amide bonds. The number of aromatic nitrogens is 3. The van der Waals surface area contributed by atoms with Gasteiger partial charge < -0.3 is 4.74 Å². The lowest BCUT2D eigenvalue weighted by Crippen LogP contribution is -1.93. The molecular formula is C19H18N4OS. The first-order valence-electron chi connectivity index (χ1n) is 7.77. The Hall–Kier alpha value is -2.99. The van der Waals surface area contributed by atoms with Crippen LogP contribution in [0.3, 0.4) is 0 Å².